The standard InChI is InChI=1S/C12H17ClN4S/c1-2-17(9-5-3-4-8(9)6-14)12-16-11(13)10(7-15)18-12/h8-9H,2-6,14H2,1H3. The normalized spacial score (nSPS) is 23.0. The molecule has 1 aromatic rings. The molecule has 0 saturated heterocycles. The monoisotopic (exact) mass is 284 g/mol. The maximum absolute atomic E-state index is 8.95. The molecule has 1 aliphatic carbocycles. The van der Waals surface area contributed by atoms with E-state index in [9.17, 15) is 0 Å². The summed E-state index contributed by atoms with van der Waals surface area (Å²) >= 11 is 7.32. The van der Waals surface area contributed by atoms with E-state index in [1.165, 1.54) is 24.2 Å². The highest BCUT2D eigenvalue weighted by Gasteiger charge is 2.32. The van der Waals surface area contributed by atoms with Crippen molar-refractivity contribution in [2.45, 2.75) is 32.2 Å². The number of rotatable bonds is 4. The van der Waals surface area contributed by atoms with Gasteiger partial charge in [0.1, 0.15) is 10.9 Å². The van der Waals surface area contributed by atoms with Crippen molar-refractivity contribution in [1.29, 1.82) is 5.26 Å². The van der Waals surface area contributed by atoms with Gasteiger partial charge in [-0.05, 0) is 32.2 Å². The lowest BCUT2D eigenvalue weighted by molar-refractivity contribution is 0.461. The summed E-state index contributed by atoms with van der Waals surface area (Å²) in [6.45, 7) is 3.69. The Balaban J connectivity index is 2.25. The van der Waals surface area contributed by atoms with Crippen LogP contribution in [0.15, 0.2) is 0 Å². The Morgan fingerprint density at radius 1 is 1.61 bits per heavy atom. The number of anilines is 1. The number of hydrogen-bond donors (Lipinski definition) is 1. The third-order valence-corrected chi connectivity index (χ3v) is 4.97. The summed E-state index contributed by atoms with van der Waals surface area (Å²) in [6, 6.07) is 2.52. The van der Waals surface area contributed by atoms with Gasteiger partial charge in [0.05, 0.1) is 0 Å². The van der Waals surface area contributed by atoms with Crippen molar-refractivity contribution in [2.24, 2.45) is 11.7 Å². The van der Waals surface area contributed by atoms with Gasteiger partial charge in [-0.2, -0.15) is 5.26 Å². The topological polar surface area (TPSA) is 65.9 Å². The van der Waals surface area contributed by atoms with Crippen LogP contribution in [0.5, 0.6) is 0 Å². The summed E-state index contributed by atoms with van der Waals surface area (Å²) in [5, 5.41) is 10.1. The summed E-state index contributed by atoms with van der Waals surface area (Å²) in [4.78, 5) is 7.06. The Kier molecular flexibility index (Phi) is 4.44. The molecule has 0 aliphatic heterocycles. The first kappa shape index (κ1) is 13.6. The second kappa shape index (κ2) is 5.87. The van der Waals surface area contributed by atoms with Gasteiger partial charge >= 0.3 is 0 Å². The van der Waals surface area contributed by atoms with Crippen molar-refractivity contribution in [3.8, 4) is 6.07 Å². The Labute approximate surface area is 116 Å². The van der Waals surface area contributed by atoms with Crippen LogP contribution in [0.1, 0.15) is 31.1 Å². The van der Waals surface area contributed by atoms with Crippen LogP contribution in [0.4, 0.5) is 5.13 Å². The summed E-state index contributed by atoms with van der Waals surface area (Å²) in [7, 11) is 0. The molecule has 1 fully saturated rings. The number of nitrogens with two attached hydrogens (primary N) is 1. The molecule has 18 heavy (non-hydrogen) atoms. The number of halogens is 1. The van der Waals surface area contributed by atoms with Crippen molar-refractivity contribution >= 4 is 28.1 Å². The zero-order valence-electron chi connectivity index (χ0n) is 10.4. The molecule has 0 aromatic carbocycles. The first-order chi connectivity index (χ1) is 8.71. The molecule has 4 nitrogen and oxygen atoms in total. The first-order valence-corrected chi connectivity index (χ1v) is 7.43. The van der Waals surface area contributed by atoms with Crippen LogP contribution in [0.3, 0.4) is 0 Å². The average Bonchev–Trinajstić information content (AvgIpc) is 2.97. The van der Waals surface area contributed by atoms with Crippen LogP contribution in [0.2, 0.25) is 5.15 Å². The highest BCUT2D eigenvalue weighted by Crippen LogP contribution is 2.36. The average molecular weight is 285 g/mol. The van der Waals surface area contributed by atoms with E-state index in [0.29, 0.717) is 28.5 Å². The van der Waals surface area contributed by atoms with E-state index in [-0.39, 0.29) is 0 Å². The van der Waals surface area contributed by atoms with Gasteiger partial charge in [-0.15, -0.1) is 0 Å². The van der Waals surface area contributed by atoms with Gasteiger partial charge in [0.25, 0.3) is 0 Å². The molecule has 6 heteroatoms. The highest BCUT2D eigenvalue weighted by molar-refractivity contribution is 7.16. The molecular formula is C12H17ClN4S. The Morgan fingerprint density at radius 2 is 2.39 bits per heavy atom. The van der Waals surface area contributed by atoms with Crippen molar-refractivity contribution in [3.05, 3.63) is 10.0 Å². The largest absolute Gasteiger partial charge is 0.345 e. The fourth-order valence-electron chi connectivity index (χ4n) is 2.70. The third kappa shape index (κ3) is 2.46. The predicted octanol–water partition coefficient (Wildman–Crippen LogP) is 2.62. The molecule has 98 valence electrons. The summed E-state index contributed by atoms with van der Waals surface area (Å²) in [5.74, 6) is 0.526. The maximum atomic E-state index is 8.95. The van der Waals surface area contributed by atoms with Crippen LogP contribution in [-0.4, -0.2) is 24.1 Å². The van der Waals surface area contributed by atoms with E-state index >= 15 is 0 Å². The smallest absolute Gasteiger partial charge is 0.188 e. The zero-order valence-corrected chi connectivity index (χ0v) is 12.0. The van der Waals surface area contributed by atoms with Gasteiger partial charge in [-0.3, -0.25) is 0 Å². The van der Waals surface area contributed by atoms with Gasteiger partial charge in [0.15, 0.2) is 10.3 Å². The molecule has 2 unspecified atom stereocenters. The Hall–Kier alpha value is -0.830. The van der Waals surface area contributed by atoms with Gasteiger partial charge in [-0.25, -0.2) is 4.98 Å². The number of hydrogen-bond acceptors (Lipinski definition) is 5. The van der Waals surface area contributed by atoms with E-state index in [4.69, 9.17) is 22.6 Å². The second-order valence-corrected chi connectivity index (χ2v) is 5.84. The fourth-order valence-corrected chi connectivity index (χ4v) is 3.86. The second-order valence-electron chi connectivity index (χ2n) is 4.51. The van der Waals surface area contributed by atoms with Crippen molar-refractivity contribution < 1.29 is 0 Å². The predicted molar refractivity (Wildman–Crippen MR) is 75.0 cm³/mol. The fraction of sp³-hybridized carbons (Fsp3) is 0.667. The lowest BCUT2D eigenvalue weighted by Crippen LogP contribution is -2.40. The molecular weight excluding hydrogens is 268 g/mol. The molecule has 1 saturated carbocycles. The van der Waals surface area contributed by atoms with E-state index in [2.05, 4.69) is 22.9 Å². The van der Waals surface area contributed by atoms with Crippen LogP contribution >= 0.6 is 22.9 Å². The van der Waals surface area contributed by atoms with Gasteiger partial charge < -0.3 is 10.6 Å². The highest BCUT2D eigenvalue weighted by atomic mass is 35.5. The molecule has 0 amide bonds. The minimum atomic E-state index is 0.318. The van der Waals surface area contributed by atoms with Crippen LogP contribution in [0.25, 0.3) is 0 Å². The van der Waals surface area contributed by atoms with E-state index < -0.39 is 0 Å². The van der Waals surface area contributed by atoms with E-state index in [1.807, 2.05) is 0 Å². The quantitative estimate of drug-likeness (QED) is 0.923. The molecule has 2 rings (SSSR count). The van der Waals surface area contributed by atoms with Crippen molar-refractivity contribution in [2.75, 3.05) is 18.0 Å². The minimum Gasteiger partial charge on any atom is -0.345 e. The lowest BCUT2D eigenvalue weighted by Gasteiger charge is -2.31. The van der Waals surface area contributed by atoms with Gasteiger partial charge in [0, 0.05) is 12.6 Å². The van der Waals surface area contributed by atoms with Crippen LogP contribution < -0.4 is 10.6 Å². The van der Waals surface area contributed by atoms with E-state index in [0.717, 1.165) is 18.1 Å². The molecule has 0 bridgehead atoms. The van der Waals surface area contributed by atoms with Crippen molar-refractivity contribution in [3.63, 3.8) is 0 Å². The molecule has 2 N–H and O–H groups in total. The Bertz CT molecular complexity index is 453. The SMILES string of the molecule is CCN(c1nc(Cl)c(C#N)s1)C1CCCC1CN. The molecule has 2 atom stereocenters. The number of thiazole rings is 1. The van der Waals surface area contributed by atoms with E-state index in [1.54, 1.807) is 0 Å². The molecule has 1 aliphatic rings. The molecule has 1 heterocycles. The Morgan fingerprint density at radius 3 is 2.94 bits per heavy atom. The maximum Gasteiger partial charge on any atom is 0.188 e. The third-order valence-electron chi connectivity index (χ3n) is 3.58. The number of nitrogens with zero attached hydrogens (tertiary/aromatic N) is 3. The summed E-state index contributed by atoms with van der Waals surface area (Å²) in [6.07, 6.45) is 3.55. The summed E-state index contributed by atoms with van der Waals surface area (Å²) < 4.78 is 0. The first-order valence-electron chi connectivity index (χ1n) is 6.24. The van der Waals surface area contributed by atoms with Crippen LogP contribution in [0, 0.1) is 17.2 Å². The lowest BCUT2D eigenvalue weighted by atomic mass is 10.0. The minimum absolute atomic E-state index is 0.318. The van der Waals surface area contributed by atoms with Crippen LogP contribution in [-0.2, 0) is 0 Å². The summed E-state index contributed by atoms with van der Waals surface area (Å²) in [5.41, 5.74) is 5.83. The molecule has 0 radical (unpaired) electrons. The number of aromatic nitrogens is 1. The van der Waals surface area contributed by atoms with Crippen molar-refractivity contribution in [1.82, 2.24) is 4.98 Å². The zero-order chi connectivity index (χ0) is 13.1. The molecule has 1 aromatic heterocycles. The number of nitriles is 1. The molecule has 0 spiro atoms. The van der Waals surface area contributed by atoms with Gasteiger partial charge in [0.2, 0.25) is 0 Å². The van der Waals surface area contributed by atoms with Gasteiger partial charge in [-0.1, -0.05) is 29.4 Å².